The summed E-state index contributed by atoms with van der Waals surface area (Å²) in [4.78, 5) is 24.7. The van der Waals surface area contributed by atoms with Gasteiger partial charge in [0.05, 0.1) is 12.5 Å². The van der Waals surface area contributed by atoms with E-state index in [9.17, 15) is 14.7 Å². The Kier molecular flexibility index (Phi) is 3.72. The number of rotatable bonds is 3. The summed E-state index contributed by atoms with van der Waals surface area (Å²) in [6.07, 6.45) is 1.12. The number of fused-ring (bicyclic) bond motifs is 1. The molecule has 0 aliphatic heterocycles. The molecule has 0 radical (unpaired) electrons. The number of hydrogen-bond donors (Lipinski definition) is 2. The number of hydrogen-bond acceptors (Lipinski definition) is 5. The molecule has 116 valence electrons. The van der Waals surface area contributed by atoms with Crippen LogP contribution < -0.4 is 15.5 Å². The number of anilines is 1. The molecule has 0 aliphatic rings. The second kappa shape index (κ2) is 5.84. The van der Waals surface area contributed by atoms with E-state index >= 15 is 0 Å². The molecule has 2 N–H and O–H groups in total. The normalized spacial score (nSPS) is 10.5. The van der Waals surface area contributed by atoms with Gasteiger partial charge in [0.2, 0.25) is 5.43 Å². The van der Waals surface area contributed by atoms with Gasteiger partial charge in [0.15, 0.2) is 0 Å². The lowest BCUT2D eigenvalue weighted by molar-refractivity contribution is 0.102. The third kappa shape index (κ3) is 2.87. The summed E-state index contributed by atoms with van der Waals surface area (Å²) >= 11 is 0. The lowest BCUT2D eigenvalue weighted by Gasteiger charge is -2.06. The van der Waals surface area contributed by atoms with Crippen molar-refractivity contribution < 1.29 is 19.1 Å². The van der Waals surface area contributed by atoms with E-state index in [1.807, 2.05) is 0 Å². The summed E-state index contributed by atoms with van der Waals surface area (Å²) in [7, 11) is 1.49. The van der Waals surface area contributed by atoms with Crippen molar-refractivity contribution in [2.75, 3.05) is 12.4 Å². The number of aromatic hydroxyl groups is 1. The Labute approximate surface area is 130 Å². The van der Waals surface area contributed by atoms with Crippen LogP contribution in [-0.4, -0.2) is 18.1 Å². The van der Waals surface area contributed by atoms with E-state index in [4.69, 9.17) is 9.15 Å². The summed E-state index contributed by atoms with van der Waals surface area (Å²) in [5, 5.41) is 12.2. The zero-order chi connectivity index (χ0) is 16.4. The predicted molar refractivity (Wildman–Crippen MR) is 85.1 cm³/mol. The van der Waals surface area contributed by atoms with Gasteiger partial charge in [-0.2, -0.15) is 0 Å². The number of ether oxygens (including phenoxy) is 1. The predicted octanol–water partition coefficient (Wildman–Crippen LogP) is 2.76. The Morgan fingerprint density at radius 1 is 1.22 bits per heavy atom. The van der Waals surface area contributed by atoms with Crippen molar-refractivity contribution >= 4 is 22.6 Å². The summed E-state index contributed by atoms with van der Waals surface area (Å²) in [6, 6.07) is 10.8. The number of phenolic OH excluding ortho intramolecular Hbond substituents is 1. The van der Waals surface area contributed by atoms with Crippen LogP contribution >= 0.6 is 0 Å². The highest BCUT2D eigenvalue weighted by molar-refractivity contribution is 6.05. The van der Waals surface area contributed by atoms with Gasteiger partial charge in [-0.1, -0.05) is 6.07 Å². The number of methoxy groups -OCH3 is 1. The van der Waals surface area contributed by atoms with Gasteiger partial charge >= 0.3 is 0 Å². The average molecular weight is 311 g/mol. The average Bonchev–Trinajstić information content (AvgIpc) is 2.55. The molecule has 6 nitrogen and oxygen atoms in total. The molecule has 0 fully saturated rings. The van der Waals surface area contributed by atoms with Gasteiger partial charge in [0, 0.05) is 11.8 Å². The maximum absolute atomic E-state index is 12.5. The monoisotopic (exact) mass is 311 g/mol. The fourth-order valence-electron chi connectivity index (χ4n) is 2.18. The van der Waals surface area contributed by atoms with Crippen LogP contribution in [0, 0.1) is 0 Å². The van der Waals surface area contributed by atoms with Crippen LogP contribution in [0.1, 0.15) is 10.4 Å². The summed E-state index contributed by atoms with van der Waals surface area (Å²) in [6.45, 7) is 0. The molecule has 23 heavy (non-hydrogen) atoms. The van der Waals surface area contributed by atoms with E-state index in [-0.39, 0.29) is 16.7 Å². The van der Waals surface area contributed by atoms with Gasteiger partial charge in [0.1, 0.15) is 28.9 Å². The fourth-order valence-corrected chi connectivity index (χ4v) is 2.18. The van der Waals surface area contributed by atoms with Crippen LogP contribution in [0.15, 0.2) is 57.9 Å². The van der Waals surface area contributed by atoms with Crippen LogP contribution in [-0.2, 0) is 0 Å². The SMILES string of the molecule is COc1ccc2occ(C(=O)Nc3cccc(O)c3)c(=O)c2c1. The van der Waals surface area contributed by atoms with E-state index in [0.717, 1.165) is 6.26 Å². The molecule has 1 amide bonds. The number of amides is 1. The molecule has 0 bridgehead atoms. The quantitative estimate of drug-likeness (QED) is 0.776. The van der Waals surface area contributed by atoms with E-state index in [1.54, 1.807) is 24.3 Å². The van der Waals surface area contributed by atoms with Crippen LogP contribution in [0.5, 0.6) is 11.5 Å². The van der Waals surface area contributed by atoms with E-state index in [0.29, 0.717) is 17.0 Å². The van der Waals surface area contributed by atoms with Crippen molar-refractivity contribution in [1.29, 1.82) is 0 Å². The van der Waals surface area contributed by atoms with Gasteiger partial charge in [0.25, 0.3) is 5.91 Å². The lowest BCUT2D eigenvalue weighted by atomic mass is 10.1. The summed E-state index contributed by atoms with van der Waals surface area (Å²) in [5.41, 5.74) is 0.154. The molecule has 6 heteroatoms. The Bertz CT molecular complexity index is 945. The zero-order valence-corrected chi connectivity index (χ0v) is 12.2. The highest BCUT2D eigenvalue weighted by atomic mass is 16.5. The maximum Gasteiger partial charge on any atom is 0.262 e. The minimum Gasteiger partial charge on any atom is -0.508 e. The third-order valence-corrected chi connectivity index (χ3v) is 3.33. The minimum atomic E-state index is -0.617. The molecule has 3 rings (SSSR count). The summed E-state index contributed by atoms with van der Waals surface area (Å²) < 4.78 is 10.4. The van der Waals surface area contributed by atoms with Crippen LogP contribution in [0.25, 0.3) is 11.0 Å². The molecule has 1 aromatic heterocycles. The molecule has 2 aromatic carbocycles. The first-order chi connectivity index (χ1) is 11.1. The van der Waals surface area contributed by atoms with Gasteiger partial charge in [-0.25, -0.2) is 0 Å². The van der Waals surface area contributed by atoms with Gasteiger partial charge in [-0.3, -0.25) is 9.59 Å². The number of phenols is 1. The van der Waals surface area contributed by atoms with Crippen molar-refractivity contribution in [3.8, 4) is 11.5 Å². The smallest absolute Gasteiger partial charge is 0.262 e. The zero-order valence-electron chi connectivity index (χ0n) is 12.2. The first-order valence-electron chi connectivity index (χ1n) is 6.78. The molecule has 0 spiro atoms. The Hall–Kier alpha value is -3.28. The Balaban J connectivity index is 2.00. The lowest BCUT2D eigenvalue weighted by Crippen LogP contribution is -2.21. The molecule has 0 atom stereocenters. The van der Waals surface area contributed by atoms with Crippen LogP contribution in [0.4, 0.5) is 5.69 Å². The molecular weight excluding hydrogens is 298 g/mol. The number of carbonyl (C=O) groups excluding carboxylic acids is 1. The minimum absolute atomic E-state index is 0.0121. The van der Waals surface area contributed by atoms with Crippen molar-refractivity contribution in [3.63, 3.8) is 0 Å². The van der Waals surface area contributed by atoms with Gasteiger partial charge in [-0.05, 0) is 30.3 Å². The van der Waals surface area contributed by atoms with E-state index < -0.39 is 11.3 Å². The van der Waals surface area contributed by atoms with Crippen LogP contribution in [0.3, 0.4) is 0 Å². The second-order valence-electron chi connectivity index (χ2n) is 4.85. The van der Waals surface area contributed by atoms with Gasteiger partial charge < -0.3 is 19.6 Å². The summed E-state index contributed by atoms with van der Waals surface area (Å²) in [5.74, 6) is -0.109. The molecule has 3 aromatic rings. The van der Waals surface area contributed by atoms with E-state index in [2.05, 4.69) is 5.32 Å². The maximum atomic E-state index is 12.5. The Morgan fingerprint density at radius 3 is 2.78 bits per heavy atom. The van der Waals surface area contributed by atoms with Crippen LogP contribution in [0.2, 0.25) is 0 Å². The van der Waals surface area contributed by atoms with Crippen molar-refractivity contribution in [3.05, 3.63) is 64.5 Å². The highest BCUT2D eigenvalue weighted by Crippen LogP contribution is 2.20. The first-order valence-corrected chi connectivity index (χ1v) is 6.78. The highest BCUT2D eigenvalue weighted by Gasteiger charge is 2.15. The number of benzene rings is 2. The topological polar surface area (TPSA) is 88.8 Å². The largest absolute Gasteiger partial charge is 0.508 e. The molecular formula is C17H13NO5. The van der Waals surface area contributed by atoms with E-state index in [1.165, 1.54) is 25.3 Å². The number of carbonyl (C=O) groups is 1. The molecule has 1 heterocycles. The number of nitrogens with one attached hydrogen (secondary N) is 1. The molecule has 0 unspecified atom stereocenters. The van der Waals surface area contributed by atoms with Crippen molar-refractivity contribution in [1.82, 2.24) is 0 Å². The van der Waals surface area contributed by atoms with Gasteiger partial charge in [-0.15, -0.1) is 0 Å². The van der Waals surface area contributed by atoms with Crippen molar-refractivity contribution in [2.24, 2.45) is 0 Å². The Morgan fingerprint density at radius 2 is 2.04 bits per heavy atom. The molecule has 0 saturated heterocycles. The second-order valence-corrected chi connectivity index (χ2v) is 4.85. The fraction of sp³-hybridized carbons (Fsp3) is 0.0588. The third-order valence-electron chi connectivity index (χ3n) is 3.33. The van der Waals surface area contributed by atoms with Crippen molar-refractivity contribution in [2.45, 2.75) is 0 Å². The molecule has 0 saturated carbocycles. The standard InChI is InChI=1S/C17H13NO5/c1-22-12-5-6-15-13(8-12)16(20)14(9-23-15)17(21)18-10-3-2-4-11(19)7-10/h2-9,19H,1H3,(H,18,21). The first kappa shape index (κ1) is 14.6. The molecule has 0 aliphatic carbocycles.